The van der Waals surface area contributed by atoms with Gasteiger partial charge in [-0.2, -0.15) is 0 Å². The highest BCUT2D eigenvalue weighted by molar-refractivity contribution is 6.17. The zero-order chi connectivity index (χ0) is 14.3. The Bertz CT molecular complexity index is 362. The van der Waals surface area contributed by atoms with E-state index in [0.29, 0.717) is 13.1 Å². The molecule has 0 N–H and O–H groups in total. The molecule has 1 heterocycles. The van der Waals surface area contributed by atoms with Crippen molar-refractivity contribution in [2.75, 3.05) is 26.3 Å². The fraction of sp³-hybridized carbons (Fsp3) is 0.615. The van der Waals surface area contributed by atoms with Crippen LogP contribution in [0.15, 0.2) is 11.6 Å². The zero-order valence-electron chi connectivity index (χ0n) is 11.3. The highest BCUT2D eigenvalue weighted by Gasteiger charge is 2.25. The van der Waals surface area contributed by atoms with Gasteiger partial charge in [-0.25, -0.2) is 9.59 Å². The molecule has 6 nitrogen and oxygen atoms in total. The molecule has 0 aromatic heterocycles. The first-order valence-electron chi connectivity index (χ1n) is 6.45. The van der Waals surface area contributed by atoms with E-state index < -0.39 is 11.9 Å². The lowest BCUT2D eigenvalue weighted by atomic mass is 10.2. The summed E-state index contributed by atoms with van der Waals surface area (Å²) in [5.74, 6) is -2.00. The van der Waals surface area contributed by atoms with Gasteiger partial charge in [-0.1, -0.05) is 0 Å². The third-order valence-corrected chi connectivity index (χ3v) is 2.68. The molecule has 1 aliphatic rings. The van der Waals surface area contributed by atoms with E-state index >= 15 is 0 Å². The van der Waals surface area contributed by atoms with Crippen molar-refractivity contribution in [3.8, 4) is 0 Å². The van der Waals surface area contributed by atoms with Gasteiger partial charge in [-0.05, 0) is 26.7 Å². The summed E-state index contributed by atoms with van der Waals surface area (Å²) in [4.78, 5) is 36.8. The van der Waals surface area contributed by atoms with Crippen molar-refractivity contribution in [1.82, 2.24) is 4.90 Å². The molecule has 1 saturated heterocycles. The van der Waals surface area contributed by atoms with E-state index in [1.807, 2.05) is 0 Å². The van der Waals surface area contributed by atoms with E-state index in [1.165, 1.54) is 0 Å². The Morgan fingerprint density at radius 2 is 1.47 bits per heavy atom. The monoisotopic (exact) mass is 269 g/mol. The second-order valence-electron chi connectivity index (χ2n) is 4.03. The van der Waals surface area contributed by atoms with Crippen LogP contribution in [-0.4, -0.2) is 49.0 Å². The van der Waals surface area contributed by atoms with Crippen molar-refractivity contribution in [3.05, 3.63) is 11.6 Å². The first-order valence-corrected chi connectivity index (χ1v) is 6.45. The molecule has 1 fully saturated rings. The maximum absolute atomic E-state index is 11.9. The number of hydrogen-bond donors (Lipinski definition) is 0. The van der Waals surface area contributed by atoms with Crippen LogP contribution in [0, 0.1) is 0 Å². The van der Waals surface area contributed by atoms with E-state index in [9.17, 15) is 14.4 Å². The maximum Gasteiger partial charge on any atom is 0.345 e. The molecule has 106 valence electrons. The number of carbonyl (C=O) groups is 3. The van der Waals surface area contributed by atoms with E-state index in [0.717, 1.165) is 18.9 Å². The standard InChI is InChI=1S/C13H19NO5/c1-3-18-12(16)10(13(17)19-4-2)9-11(15)14-7-5-6-8-14/h9H,3-8H2,1-2H3. The van der Waals surface area contributed by atoms with Crippen molar-refractivity contribution in [2.24, 2.45) is 0 Å². The maximum atomic E-state index is 11.9. The molecule has 0 radical (unpaired) electrons. The molecular weight excluding hydrogens is 250 g/mol. The quantitative estimate of drug-likeness (QED) is 0.317. The lowest BCUT2D eigenvalue weighted by Gasteiger charge is -2.13. The van der Waals surface area contributed by atoms with Gasteiger partial charge >= 0.3 is 11.9 Å². The van der Waals surface area contributed by atoms with E-state index in [4.69, 9.17) is 9.47 Å². The largest absolute Gasteiger partial charge is 0.462 e. The van der Waals surface area contributed by atoms with Crippen molar-refractivity contribution in [3.63, 3.8) is 0 Å². The third-order valence-electron chi connectivity index (χ3n) is 2.68. The summed E-state index contributed by atoms with van der Waals surface area (Å²) in [6.45, 7) is 4.81. The minimum Gasteiger partial charge on any atom is -0.462 e. The predicted octanol–water partition coefficient (Wildman–Crippen LogP) is 0.661. The second kappa shape index (κ2) is 7.56. The van der Waals surface area contributed by atoms with Crippen LogP contribution in [0.25, 0.3) is 0 Å². The molecule has 6 heteroatoms. The molecule has 0 aromatic rings. The van der Waals surface area contributed by atoms with Gasteiger partial charge in [0.1, 0.15) is 5.57 Å². The van der Waals surface area contributed by atoms with Gasteiger partial charge in [0, 0.05) is 19.2 Å². The van der Waals surface area contributed by atoms with Gasteiger partial charge in [-0.3, -0.25) is 4.79 Å². The summed E-state index contributed by atoms with van der Waals surface area (Å²) in [5.41, 5.74) is -0.347. The molecule has 0 saturated carbocycles. The summed E-state index contributed by atoms with van der Waals surface area (Å²) in [7, 11) is 0. The van der Waals surface area contributed by atoms with Crippen LogP contribution in [0.1, 0.15) is 26.7 Å². The normalized spacial score (nSPS) is 13.9. The highest BCUT2D eigenvalue weighted by atomic mass is 16.6. The molecular formula is C13H19NO5. The van der Waals surface area contributed by atoms with Crippen LogP contribution in [0.3, 0.4) is 0 Å². The minimum atomic E-state index is -0.825. The van der Waals surface area contributed by atoms with Crippen molar-refractivity contribution in [2.45, 2.75) is 26.7 Å². The van der Waals surface area contributed by atoms with Crippen molar-refractivity contribution in [1.29, 1.82) is 0 Å². The molecule has 0 spiro atoms. The second-order valence-corrected chi connectivity index (χ2v) is 4.03. The SMILES string of the molecule is CCOC(=O)C(=CC(=O)N1CCCC1)C(=O)OCC. The fourth-order valence-corrected chi connectivity index (χ4v) is 1.77. The predicted molar refractivity (Wildman–Crippen MR) is 67.2 cm³/mol. The van der Waals surface area contributed by atoms with Crippen molar-refractivity contribution < 1.29 is 23.9 Å². The summed E-state index contributed by atoms with van der Waals surface area (Å²) in [6.07, 6.45) is 2.89. The van der Waals surface area contributed by atoms with Crippen LogP contribution in [0.4, 0.5) is 0 Å². The summed E-state index contributed by atoms with van der Waals surface area (Å²) in [6, 6.07) is 0. The van der Waals surface area contributed by atoms with Gasteiger partial charge in [0.2, 0.25) is 5.91 Å². The number of hydrogen-bond acceptors (Lipinski definition) is 5. The average Bonchev–Trinajstić information content (AvgIpc) is 2.90. The van der Waals surface area contributed by atoms with Crippen LogP contribution >= 0.6 is 0 Å². The van der Waals surface area contributed by atoms with Crippen LogP contribution in [0.2, 0.25) is 0 Å². The zero-order valence-corrected chi connectivity index (χ0v) is 11.3. The Labute approximate surface area is 112 Å². The molecule has 1 amide bonds. The number of nitrogens with zero attached hydrogens (tertiary/aromatic N) is 1. The van der Waals surface area contributed by atoms with Gasteiger partial charge in [0.05, 0.1) is 13.2 Å². The Hall–Kier alpha value is -1.85. The first-order chi connectivity index (χ1) is 9.10. The average molecular weight is 269 g/mol. The Morgan fingerprint density at radius 3 is 1.89 bits per heavy atom. The molecule has 1 rings (SSSR count). The first kappa shape index (κ1) is 15.2. The van der Waals surface area contributed by atoms with E-state index in [1.54, 1.807) is 18.7 Å². The number of likely N-dealkylation sites (tertiary alicyclic amines) is 1. The topological polar surface area (TPSA) is 72.9 Å². The molecule has 0 aliphatic carbocycles. The van der Waals surface area contributed by atoms with Gasteiger partial charge < -0.3 is 14.4 Å². The molecule has 1 aliphatic heterocycles. The van der Waals surface area contributed by atoms with Gasteiger partial charge in [0.25, 0.3) is 0 Å². The molecule has 0 unspecified atom stereocenters. The Kier molecular flexibility index (Phi) is 6.05. The van der Waals surface area contributed by atoms with Crippen LogP contribution in [0.5, 0.6) is 0 Å². The van der Waals surface area contributed by atoms with Crippen LogP contribution < -0.4 is 0 Å². The minimum absolute atomic E-state index is 0.132. The van der Waals surface area contributed by atoms with E-state index in [2.05, 4.69) is 0 Å². The lowest BCUT2D eigenvalue weighted by molar-refractivity contribution is -0.147. The van der Waals surface area contributed by atoms with Gasteiger partial charge in [-0.15, -0.1) is 0 Å². The molecule has 0 aromatic carbocycles. The van der Waals surface area contributed by atoms with Gasteiger partial charge in [0.15, 0.2) is 0 Å². The highest BCUT2D eigenvalue weighted by Crippen LogP contribution is 2.10. The van der Waals surface area contributed by atoms with Crippen LogP contribution in [-0.2, 0) is 23.9 Å². The summed E-state index contributed by atoms with van der Waals surface area (Å²) in [5, 5.41) is 0. The molecule has 0 bridgehead atoms. The Morgan fingerprint density at radius 1 is 1.00 bits per heavy atom. The Balaban J connectivity index is 2.84. The number of esters is 2. The molecule has 0 atom stereocenters. The smallest absolute Gasteiger partial charge is 0.345 e. The summed E-state index contributed by atoms with van der Waals surface area (Å²) >= 11 is 0. The van der Waals surface area contributed by atoms with Crippen molar-refractivity contribution >= 4 is 17.8 Å². The van der Waals surface area contributed by atoms with E-state index in [-0.39, 0.29) is 24.7 Å². The number of rotatable bonds is 5. The fourth-order valence-electron chi connectivity index (χ4n) is 1.77. The number of amides is 1. The lowest BCUT2D eigenvalue weighted by Crippen LogP contribution is -2.28. The number of ether oxygens (including phenoxy) is 2. The summed E-state index contributed by atoms with van der Waals surface area (Å²) < 4.78 is 9.51. The third kappa shape index (κ3) is 4.39. The number of carbonyl (C=O) groups excluding carboxylic acids is 3. The molecule has 19 heavy (non-hydrogen) atoms.